The number of hydrogen-bond donors (Lipinski definition) is 2. The molecule has 1 saturated carbocycles. The van der Waals surface area contributed by atoms with Crippen LogP contribution < -0.4 is 10.7 Å². The fourth-order valence-corrected chi connectivity index (χ4v) is 6.16. The molecule has 0 radical (unpaired) electrons. The molecule has 2 N–H and O–H groups in total. The SMILES string of the molecule is FC(F)(F)c1ccc(NN=C2CCC3(CC2)CC[C@@H]2NCCc4c2n3c2ccccc42)cc1. The lowest BCUT2D eigenvalue weighted by atomic mass is 9.73. The first-order valence-corrected chi connectivity index (χ1v) is 11.8. The van der Waals surface area contributed by atoms with E-state index in [0.29, 0.717) is 11.7 Å². The fourth-order valence-electron chi connectivity index (χ4n) is 6.16. The monoisotopic (exact) mass is 452 g/mol. The number of benzene rings is 2. The first-order valence-electron chi connectivity index (χ1n) is 11.8. The lowest BCUT2D eigenvalue weighted by molar-refractivity contribution is -0.137. The van der Waals surface area contributed by atoms with Crippen molar-refractivity contribution in [3.63, 3.8) is 0 Å². The van der Waals surface area contributed by atoms with E-state index in [9.17, 15) is 13.2 Å². The van der Waals surface area contributed by atoms with Crippen molar-refractivity contribution >= 4 is 22.3 Å². The predicted octanol–water partition coefficient (Wildman–Crippen LogP) is 6.38. The molecule has 1 aromatic heterocycles. The van der Waals surface area contributed by atoms with Gasteiger partial charge in [-0.25, -0.2) is 0 Å². The Balaban J connectivity index is 1.24. The van der Waals surface area contributed by atoms with Gasteiger partial charge in [-0.05, 0) is 87.4 Å². The minimum atomic E-state index is -4.32. The van der Waals surface area contributed by atoms with Crippen LogP contribution in [0, 0.1) is 0 Å². The minimum absolute atomic E-state index is 0.121. The Morgan fingerprint density at radius 3 is 2.48 bits per heavy atom. The van der Waals surface area contributed by atoms with Crippen LogP contribution in [0.15, 0.2) is 53.6 Å². The van der Waals surface area contributed by atoms with Crippen LogP contribution in [0.3, 0.4) is 0 Å². The van der Waals surface area contributed by atoms with Crippen LogP contribution in [0.2, 0.25) is 0 Å². The van der Waals surface area contributed by atoms with Gasteiger partial charge in [0, 0.05) is 33.9 Å². The number of rotatable bonds is 2. The van der Waals surface area contributed by atoms with Gasteiger partial charge in [0.25, 0.3) is 0 Å². The van der Waals surface area contributed by atoms with Crippen LogP contribution in [0.1, 0.15) is 61.4 Å². The highest BCUT2D eigenvalue weighted by Crippen LogP contribution is 2.50. The van der Waals surface area contributed by atoms with Gasteiger partial charge in [0.05, 0.1) is 11.3 Å². The largest absolute Gasteiger partial charge is 0.416 e. The molecule has 6 rings (SSSR count). The van der Waals surface area contributed by atoms with Crippen molar-refractivity contribution in [2.75, 3.05) is 12.0 Å². The summed E-state index contributed by atoms with van der Waals surface area (Å²) in [5.74, 6) is 0. The molecular weight excluding hydrogens is 425 g/mol. The summed E-state index contributed by atoms with van der Waals surface area (Å²) >= 11 is 0. The lowest BCUT2D eigenvalue weighted by Gasteiger charge is -2.47. The number of alkyl halides is 3. The number of aromatic nitrogens is 1. The van der Waals surface area contributed by atoms with Crippen LogP contribution in [0.5, 0.6) is 0 Å². The van der Waals surface area contributed by atoms with E-state index in [1.807, 2.05) is 0 Å². The standard InChI is InChI=1S/C26H27F3N4/c27-26(28,29)17-5-7-18(8-6-17)31-32-19-9-13-25(14-10-19)15-11-22-24-21(12-16-30-22)20-3-1-2-4-23(20)33(24)25/h1-8,22,30-31H,9-16H2/t22-,25?/m0/s1. The van der Waals surface area contributed by atoms with Gasteiger partial charge in [-0.3, -0.25) is 5.43 Å². The number of halogens is 3. The van der Waals surface area contributed by atoms with E-state index in [2.05, 4.69) is 44.7 Å². The van der Waals surface area contributed by atoms with Crippen LogP contribution in [-0.4, -0.2) is 16.8 Å². The summed E-state index contributed by atoms with van der Waals surface area (Å²) in [6, 6.07) is 14.3. The third-order valence-corrected chi connectivity index (χ3v) is 7.80. The van der Waals surface area contributed by atoms with Crippen molar-refractivity contribution in [1.29, 1.82) is 0 Å². The maximum absolute atomic E-state index is 12.8. The van der Waals surface area contributed by atoms with Crippen LogP contribution >= 0.6 is 0 Å². The molecule has 2 aliphatic heterocycles. The van der Waals surface area contributed by atoms with Gasteiger partial charge in [-0.2, -0.15) is 18.3 Å². The summed E-state index contributed by atoms with van der Waals surface area (Å²) < 4.78 is 41.0. The second-order valence-corrected chi connectivity index (χ2v) is 9.60. The highest BCUT2D eigenvalue weighted by molar-refractivity contribution is 5.88. The highest BCUT2D eigenvalue weighted by Gasteiger charge is 2.44. The van der Waals surface area contributed by atoms with Crippen molar-refractivity contribution in [1.82, 2.24) is 9.88 Å². The number of anilines is 1. The number of hydrogen-bond acceptors (Lipinski definition) is 3. The quantitative estimate of drug-likeness (QED) is 0.443. The first-order chi connectivity index (χ1) is 15.9. The van der Waals surface area contributed by atoms with E-state index < -0.39 is 11.7 Å². The topological polar surface area (TPSA) is 41.4 Å². The second-order valence-electron chi connectivity index (χ2n) is 9.60. The van der Waals surface area contributed by atoms with E-state index in [-0.39, 0.29) is 5.54 Å². The molecule has 2 aromatic carbocycles. The molecule has 172 valence electrons. The predicted molar refractivity (Wildman–Crippen MR) is 125 cm³/mol. The lowest BCUT2D eigenvalue weighted by Crippen LogP contribution is -2.46. The molecule has 0 saturated heterocycles. The first kappa shape index (κ1) is 20.8. The molecule has 0 amide bonds. The molecule has 1 atom stereocenters. The Morgan fingerprint density at radius 2 is 1.73 bits per heavy atom. The Labute approximate surface area is 190 Å². The van der Waals surface area contributed by atoms with Crippen LogP contribution in [0.4, 0.5) is 18.9 Å². The Morgan fingerprint density at radius 1 is 0.970 bits per heavy atom. The van der Waals surface area contributed by atoms with Gasteiger partial charge in [0.2, 0.25) is 0 Å². The van der Waals surface area contributed by atoms with Crippen LogP contribution in [0.25, 0.3) is 10.9 Å². The van der Waals surface area contributed by atoms with Gasteiger partial charge in [-0.1, -0.05) is 18.2 Å². The Bertz CT molecular complexity index is 1210. The average Bonchev–Trinajstić information content (AvgIpc) is 3.18. The van der Waals surface area contributed by atoms with Crippen LogP contribution in [-0.2, 0) is 18.1 Å². The molecule has 3 aliphatic rings. The maximum atomic E-state index is 12.8. The highest BCUT2D eigenvalue weighted by atomic mass is 19.4. The molecule has 1 fully saturated rings. The summed E-state index contributed by atoms with van der Waals surface area (Å²) in [5, 5.41) is 9.69. The number of hydrazone groups is 1. The molecule has 0 bridgehead atoms. The molecule has 3 aromatic rings. The maximum Gasteiger partial charge on any atom is 0.416 e. The number of nitrogens with one attached hydrogen (secondary N) is 2. The molecule has 0 unspecified atom stereocenters. The summed E-state index contributed by atoms with van der Waals surface area (Å²) in [6.45, 7) is 1.05. The van der Waals surface area contributed by atoms with E-state index in [4.69, 9.17) is 0 Å². The zero-order valence-corrected chi connectivity index (χ0v) is 18.4. The van der Waals surface area contributed by atoms with Gasteiger partial charge in [0.1, 0.15) is 0 Å². The molecule has 3 heterocycles. The number of nitrogens with zero attached hydrogens (tertiary/aromatic N) is 2. The smallest absolute Gasteiger partial charge is 0.337 e. The van der Waals surface area contributed by atoms with Crippen molar-refractivity contribution in [3.05, 3.63) is 65.4 Å². The molecule has 1 spiro atoms. The molecule has 1 aliphatic carbocycles. The molecular formula is C26H27F3N4. The zero-order valence-electron chi connectivity index (χ0n) is 18.4. The fraction of sp³-hybridized carbons (Fsp3) is 0.423. The van der Waals surface area contributed by atoms with Crippen molar-refractivity contribution in [2.24, 2.45) is 5.10 Å². The zero-order chi connectivity index (χ0) is 22.6. The number of para-hydroxylation sites is 1. The summed E-state index contributed by atoms with van der Waals surface area (Å²) in [6.07, 6.45) is 2.96. The van der Waals surface area contributed by atoms with Crippen molar-refractivity contribution in [2.45, 2.75) is 62.7 Å². The minimum Gasteiger partial charge on any atom is -0.337 e. The second kappa shape index (κ2) is 7.62. The van der Waals surface area contributed by atoms with E-state index in [1.165, 1.54) is 40.7 Å². The summed E-state index contributed by atoms with van der Waals surface area (Å²) in [7, 11) is 0. The molecule has 7 heteroatoms. The van der Waals surface area contributed by atoms with E-state index >= 15 is 0 Å². The average molecular weight is 453 g/mol. The van der Waals surface area contributed by atoms with E-state index in [0.717, 1.165) is 62.9 Å². The van der Waals surface area contributed by atoms with Gasteiger partial charge in [0.15, 0.2) is 0 Å². The molecule has 33 heavy (non-hydrogen) atoms. The normalized spacial score (nSPS) is 24.7. The summed E-state index contributed by atoms with van der Waals surface area (Å²) in [5.41, 5.74) is 8.49. The summed E-state index contributed by atoms with van der Waals surface area (Å²) in [4.78, 5) is 0. The number of fused-ring (bicyclic) bond motifs is 4. The Kier molecular flexibility index (Phi) is 4.80. The van der Waals surface area contributed by atoms with Gasteiger partial charge in [-0.15, -0.1) is 0 Å². The van der Waals surface area contributed by atoms with E-state index in [1.54, 1.807) is 0 Å². The van der Waals surface area contributed by atoms with Gasteiger partial charge >= 0.3 is 6.18 Å². The third-order valence-electron chi connectivity index (χ3n) is 7.80. The van der Waals surface area contributed by atoms with Crippen molar-refractivity contribution in [3.8, 4) is 0 Å². The van der Waals surface area contributed by atoms with Gasteiger partial charge < -0.3 is 9.88 Å². The molecule has 4 nitrogen and oxygen atoms in total. The van der Waals surface area contributed by atoms with Crippen molar-refractivity contribution < 1.29 is 13.2 Å². The Hall–Kier alpha value is -2.80. The third kappa shape index (κ3) is 3.44.